The third kappa shape index (κ3) is 11.5. The fourth-order valence-corrected chi connectivity index (χ4v) is 4.66. The number of pyridine rings is 1. The van der Waals surface area contributed by atoms with Gasteiger partial charge in [-0.05, 0) is 77.5 Å². The summed E-state index contributed by atoms with van der Waals surface area (Å²) < 4.78 is 5.74. The Hall–Kier alpha value is -3.47. The van der Waals surface area contributed by atoms with Crippen molar-refractivity contribution in [1.29, 1.82) is 0 Å². The van der Waals surface area contributed by atoms with Crippen molar-refractivity contribution in [3.05, 3.63) is 35.8 Å². The summed E-state index contributed by atoms with van der Waals surface area (Å²) in [7, 11) is 3.81. The highest BCUT2D eigenvalue weighted by Crippen LogP contribution is 2.21. The molecule has 2 aromatic rings. The van der Waals surface area contributed by atoms with Crippen LogP contribution in [0.5, 0.6) is 0 Å². The average molecular weight is 569 g/mol. The summed E-state index contributed by atoms with van der Waals surface area (Å²) in [6.45, 7) is 10.9. The molecule has 1 aliphatic rings. The molecule has 0 aromatic carbocycles. The van der Waals surface area contributed by atoms with E-state index in [4.69, 9.17) is 9.72 Å². The maximum Gasteiger partial charge on any atom is 0.329 e. The van der Waals surface area contributed by atoms with Crippen molar-refractivity contribution in [2.24, 2.45) is 0 Å². The summed E-state index contributed by atoms with van der Waals surface area (Å²) in [5.74, 6) is 1.97. The summed E-state index contributed by atoms with van der Waals surface area (Å²) in [5, 5.41) is 9.58. The maximum atomic E-state index is 13.2. The summed E-state index contributed by atoms with van der Waals surface area (Å²) >= 11 is 0. The van der Waals surface area contributed by atoms with E-state index in [0.29, 0.717) is 31.9 Å². The number of anilines is 3. The monoisotopic (exact) mass is 568 g/mol. The molecule has 3 heterocycles. The highest BCUT2D eigenvalue weighted by atomic mass is 16.6. The number of nitrogens with zero attached hydrogens (tertiary/aromatic N) is 5. The maximum absolute atomic E-state index is 13.2. The summed E-state index contributed by atoms with van der Waals surface area (Å²) in [6.07, 6.45) is 7.15. The van der Waals surface area contributed by atoms with Crippen LogP contribution in [-0.4, -0.2) is 90.2 Å². The molecule has 41 heavy (non-hydrogen) atoms. The normalized spacial score (nSPS) is 13.6. The van der Waals surface area contributed by atoms with E-state index < -0.39 is 11.6 Å². The van der Waals surface area contributed by atoms with Gasteiger partial charge in [0.2, 0.25) is 5.91 Å². The smallest absolute Gasteiger partial charge is 0.329 e. The van der Waals surface area contributed by atoms with E-state index in [1.165, 1.54) is 18.8 Å². The zero-order chi connectivity index (χ0) is 29.8. The second-order valence-electron chi connectivity index (χ2n) is 11.8. The number of amides is 1. The Morgan fingerprint density at radius 3 is 2.66 bits per heavy atom. The van der Waals surface area contributed by atoms with Crippen LogP contribution >= 0.6 is 0 Å². The van der Waals surface area contributed by atoms with Crippen LogP contribution in [0.2, 0.25) is 0 Å². The molecule has 1 aliphatic heterocycles. The second kappa shape index (κ2) is 15.5. The van der Waals surface area contributed by atoms with Crippen LogP contribution in [0.3, 0.4) is 0 Å². The Morgan fingerprint density at radius 2 is 1.93 bits per heavy atom. The molecule has 11 nitrogen and oxygen atoms in total. The van der Waals surface area contributed by atoms with Gasteiger partial charge in [0.15, 0.2) is 0 Å². The van der Waals surface area contributed by atoms with Gasteiger partial charge in [-0.2, -0.15) is 0 Å². The largest absolute Gasteiger partial charge is 0.458 e. The summed E-state index contributed by atoms with van der Waals surface area (Å²) in [6, 6.07) is 5.57. The third-order valence-corrected chi connectivity index (χ3v) is 6.77. The van der Waals surface area contributed by atoms with Gasteiger partial charge in [-0.3, -0.25) is 4.79 Å². The van der Waals surface area contributed by atoms with Crippen LogP contribution in [-0.2, 0) is 27.2 Å². The lowest BCUT2D eigenvalue weighted by Crippen LogP contribution is -2.41. The van der Waals surface area contributed by atoms with E-state index in [-0.39, 0.29) is 11.9 Å². The molecule has 0 fully saturated rings. The number of nitrogens with one attached hydrogen (secondary N) is 3. The van der Waals surface area contributed by atoms with Crippen LogP contribution in [0.15, 0.2) is 24.5 Å². The third-order valence-electron chi connectivity index (χ3n) is 6.77. The first kappa shape index (κ1) is 32.0. The quantitative estimate of drug-likeness (QED) is 0.218. The zero-order valence-corrected chi connectivity index (χ0v) is 25.6. The van der Waals surface area contributed by atoms with Crippen molar-refractivity contribution < 1.29 is 14.3 Å². The molecule has 226 valence electrons. The molecule has 1 atom stereocenters. The molecule has 2 aromatic heterocycles. The standard InChI is InChI=1S/C30H48N8O3/c1-22(39)31-16-19-38(17-8-7-11-24-13-12-23-10-9-15-32-28(23)35-24)18-14-25(29(40)41-30(2,3)4)36-26-20-27(37(5)6)34-21-33-26/h12-13,20-21,25H,7-11,14-19H2,1-6H3,(H,31,39)(H,32,35)(H,33,34,36)/t25-/m0/s1. The zero-order valence-electron chi connectivity index (χ0n) is 25.6. The van der Waals surface area contributed by atoms with E-state index in [2.05, 4.69) is 43.0 Å². The van der Waals surface area contributed by atoms with Crippen molar-refractivity contribution in [2.45, 2.75) is 77.9 Å². The minimum Gasteiger partial charge on any atom is -0.458 e. The number of carbonyl (C=O) groups is 2. The molecule has 0 bridgehead atoms. The van der Waals surface area contributed by atoms with Crippen LogP contribution in [0.4, 0.5) is 17.5 Å². The van der Waals surface area contributed by atoms with Crippen LogP contribution < -0.4 is 20.9 Å². The average Bonchev–Trinajstić information content (AvgIpc) is 2.91. The molecular weight excluding hydrogens is 520 g/mol. The fraction of sp³-hybridized carbons (Fsp3) is 0.633. The number of fused-ring (bicyclic) bond motifs is 1. The van der Waals surface area contributed by atoms with Gasteiger partial charge in [0, 0.05) is 59.0 Å². The molecule has 3 rings (SSSR count). The first-order chi connectivity index (χ1) is 19.5. The SMILES string of the molecule is CC(=O)NCCN(CCCCc1ccc2c(n1)NCCC2)CC[C@H](Nc1cc(N(C)C)ncn1)C(=O)OC(C)(C)C. The molecule has 0 aliphatic carbocycles. The lowest BCUT2D eigenvalue weighted by Gasteiger charge is -2.28. The number of unbranched alkanes of at least 4 members (excludes halogenated alkanes) is 1. The fourth-order valence-electron chi connectivity index (χ4n) is 4.66. The van der Waals surface area contributed by atoms with E-state index in [9.17, 15) is 9.59 Å². The number of carbonyl (C=O) groups excluding carboxylic acids is 2. The number of aryl methyl sites for hydroxylation is 2. The van der Waals surface area contributed by atoms with Gasteiger partial charge in [0.05, 0.1) is 0 Å². The first-order valence-corrected chi connectivity index (χ1v) is 14.7. The lowest BCUT2D eigenvalue weighted by atomic mass is 10.1. The molecule has 0 spiro atoms. The summed E-state index contributed by atoms with van der Waals surface area (Å²) in [4.78, 5) is 42.3. The van der Waals surface area contributed by atoms with Gasteiger partial charge < -0.3 is 30.5 Å². The molecule has 3 N–H and O–H groups in total. The van der Waals surface area contributed by atoms with E-state index in [0.717, 1.165) is 62.5 Å². The first-order valence-electron chi connectivity index (χ1n) is 14.7. The van der Waals surface area contributed by atoms with Gasteiger partial charge in [0.1, 0.15) is 35.4 Å². The second-order valence-corrected chi connectivity index (χ2v) is 11.8. The number of esters is 1. The molecule has 0 radical (unpaired) electrons. The van der Waals surface area contributed by atoms with Gasteiger partial charge in [0.25, 0.3) is 0 Å². The topological polar surface area (TPSA) is 125 Å². The van der Waals surface area contributed by atoms with Gasteiger partial charge in [-0.25, -0.2) is 19.7 Å². The predicted molar refractivity (Wildman–Crippen MR) is 163 cm³/mol. The minimum absolute atomic E-state index is 0.0502. The van der Waals surface area contributed by atoms with E-state index >= 15 is 0 Å². The van der Waals surface area contributed by atoms with Crippen LogP contribution in [0.1, 0.15) is 64.6 Å². The number of hydrogen-bond donors (Lipinski definition) is 3. The Morgan fingerprint density at radius 1 is 1.12 bits per heavy atom. The van der Waals surface area contributed by atoms with Gasteiger partial charge >= 0.3 is 5.97 Å². The van der Waals surface area contributed by atoms with Crippen molar-refractivity contribution in [3.8, 4) is 0 Å². The van der Waals surface area contributed by atoms with E-state index in [1.807, 2.05) is 45.8 Å². The predicted octanol–water partition coefficient (Wildman–Crippen LogP) is 3.27. The Balaban J connectivity index is 1.61. The molecule has 0 saturated carbocycles. The minimum atomic E-state index is -0.608. The number of hydrogen-bond acceptors (Lipinski definition) is 10. The molecular formula is C30H48N8O3. The molecule has 0 unspecified atom stereocenters. The number of rotatable bonds is 15. The number of aromatic nitrogens is 3. The highest BCUT2D eigenvalue weighted by Gasteiger charge is 2.26. The number of ether oxygens (including phenoxy) is 1. The van der Waals surface area contributed by atoms with Crippen molar-refractivity contribution in [3.63, 3.8) is 0 Å². The van der Waals surface area contributed by atoms with E-state index in [1.54, 1.807) is 0 Å². The van der Waals surface area contributed by atoms with Crippen LogP contribution in [0, 0.1) is 0 Å². The van der Waals surface area contributed by atoms with Crippen molar-refractivity contribution >= 4 is 29.3 Å². The Bertz CT molecular complexity index is 1130. The Kier molecular flexibility index (Phi) is 12.1. The van der Waals surface area contributed by atoms with Crippen LogP contribution in [0.25, 0.3) is 0 Å². The summed E-state index contributed by atoms with van der Waals surface area (Å²) in [5.41, 5.74) is 1.80. The lowest BCUT2D eigenvalue weighted by molar-refractivity contribution is -0.156. The molecule has 0 saturated heterocycles. The molecule has 11 heteroatoms. The van der Waals surface area contributed by atoms with Crippen molar-refractivity contribution in [1.82, 2.24) is 25.2 Å². The Labute approximate surface area is 244 Å². The van der Waals surface area contributed by atoms with Gasteiger partial charge in [-0.1, -0.05) is 6.07 Å². The van der Waals surface area contributed by atoms with Gasteiger partial charge in [-0.15, -0.1) is 0 Å². The molecule has 1 amide bonds. The van der Waals surface area contributed by atoms with Crippen molar-refractivity contribution in [2.75, 3.05) is 62.4 Å². The highest BCUT2D eigenvalue weighted by molar-refractivity contribution is 5.79.